The summed E-state index contributed by atoms with van der Waals surface area (Å²) in [5, 5.41) is 0. The van der Waals surface area contributed by atoms with E-state index >= 15 is 0 Å². The third-order valence-corrected chi connectivity index (χ3v) is 2.59. The van der Waals surface area contributed by atoms with Crippen LogP contribution in [0, 0.1) is 5.92 Å². The molecule has 2 heterocycles. The lowest BCUT2D eigenvalue weighted by molar-refractivity contribution is 0.267. The number of nitrogens with one attached hydrogen (secondary N) is 1. The van der Waals surface area contributed by atoms with Crippen LogP contribution in [0.1, 0.15) is 27.2 Å². The molecule has 3 nitrogen and oxygen atoms in total. The maximum Gasteiger partial charge on any atom is 0.0919 e. The molecule has 1 aliphatic heterocycles. The van der Waals surface area contributed by atoms with Gasteiger partial charge in [-0.2, -0.15) is 0 Å². The molecule has 1 N–H and O–H groups in total. The van der Waals surface area contributed by atoms with Gasteiger partial charge in [-0.3, -0.25) is 0 Å². The molecule has 80 valence electrons. The number of nitrogens with zero attached hydrogens (tertiary/aromatic N) is 2. The maximum atomic E-state index is 3.67. The first-order chi connectivity index (χ1) is 6.70. The van der Waals surface area contributed by atoms with E-state index in [1.54, 1.807) is 18.7 Å². The Morgan fingerprint density at radius 1 is 1.50 bits per heavy atom. The van der Waals surface area contributed by atoms with E-state index in [0.29, 0.717) is 0 Å². The van der Waals surface area contributed by atoms with Crippen LogP contribution in [0.3, 0.4) is 0 Å². The summed E-state index contributed by atoms with van der Waals surface area (Å²) >= 11 is 0. The Bertz CT molecular complexity index is 201. The van der Waals surface area contributed by atoms with Crippen molar-refractivity contribution in [1.82, 2.24) is 14.9 Å². The van der Waals surface area contributed by atoms with Crippen molar-refractivity contribution in [2.45, 2.75) is 33.2 Å². The second-order valence-electron chi connectivity index (χ2n) is 4.24. The lowest BCUT2D eigenvalue weighted by atomic mass is 10.2. The summed E-state index contributed by atoms with van der Waals surface area (Å²) in [6, 6.07) is 0.759. The van der Waals surface area contributed by atoms with Crippen molar-refractivity contribution in [3.63, 3.8) is 0 Å². The SMILES string of the molecule is CC(C)N1CC[C@H](C)C1.c1c[nH]cn1. The van der Waals surface area contributed by atoms with Crippen LogP contribution < -0.4 is 0 Å². The molecule has 1 aliphatic rings. The third-order valence-electron chi connectivity index (χ3n) is 2.59. The zero-order chi connectivity index (χ0) is 10.4. The first kappa shape index (κ1) is 11.2. The predicted octanol–water partition coefficient (Wildman–Crippen LogP) is 2.15. The van der Waals surface area contributed by atoms with Crippen LogP contribution in [0.5, 0.6) is 0 Å². The van der Waals surface area contributed by atoms with Crippen molar-refractivity contribution in [3.05, 3.63) is 18.7 Å². The fourth-order valence-corrected chi connectivity index (χ4v) is 1.65. The molecule has 3 heteroatoms. The zero-order valence-electron chi connectivity index (χ0n) is 9.40. The number of rotatable bonds is 1. The van der Waals surface area contributed by atoms with Crippen molar-refractivity contribution >= 4 is 0 Å². The van der Waals surface area contributed by atoms with Gasteiger partial charge < -0.3 is 9.88 Å². The molecule has 0 spiro atoms. The van der Waals surface area contributed by atoms with Gasteiger partial charge in [0.15, 0.2) is 0 Å². The van der Waals surface area contributed by atoms with E-state index in [1.165, 1.54) is 19.5 Å². The molecule has 1 aromatic rings. The molecule has 2 rings (SSSR count). The molecular weight excluding hydrogens is 174 g/mol. The van der Waals surface area contributed by atoms with Crippen molar-refractivity contribution in [1.29, 1.82) is 0 Å². The van der Waals surface area contributed by atoms with E-state index in [4.69, 9.17) is 0 Å². The monoisotopic (exact) mass is 195 g/mol. The van der Waals surface area contributed by atoms with Gasteiger partial charge in [0.1, 0.15) is 0 Å². The number of H-pyrrole nitrogens is 1. The van der Waals surface area contributed by atoms with Gasteiger partial charge in [0.2, 0.25) is 0 Å². The summed E-state index contributed by atoms with van der Waals surface area (Å²) in [7, 11) is 0. The van der Waals surface area contributed by atoms with Crippen molar-refractivity contribution < 1.29 is 0 Å². The Morgan fingerprint density at radius 3 is 2.50 bits per heavy atom. The lowest BCUT2D eigenvalue weighted by Crippen LogP contribution is -2.27. The van der Waals surface area contributed by atoms with E-state index in [2.05, 4.69) is 35.6 Å². The molecule has 1 fully saturated rings. The largest absolute Gasteiger partial charge is 0.351 e. The number of likely N-dealkylation sites (tertiary alicyclic amines) is 1. The average Bonchev–Trinajstić information content (AvgIpc) is 2.74. The molecule has 0 aromatic carbocycles. The summed E-state index contributed by atoms with van der Waals surface area (Å²) in [6.45, 7) is 9.52. The van der Waals surface area contributed by atoms with Crippen molar-refractivity contribution in [2.75, 3.05) is 13.1 Å². The molecule has 0 radical (unpaired) electrons. The van der Waals surface area contributed by atoms with Crippen molar-refractivity contribution in [3.8, 4) is 0 Å². The predicted molar refractivity (Wildman–Crippen MR) is 59.1 cm³/mol. The molecule has 14 heavy (non-hydrogen) atoms. The second-order valence-corrected chi connectivity index (χ2v) is 4.24. The lowest BCUT2D eigenvalue weighted by Gasteiger charge is -2.19. The highest BCUT2D eigenvalue weighted by Gasteiger charge is 2.19. The molecule has 1 saturated heterocycles. The summed E-state index contributed by atoms with van der Waals surface area (Å²) in [5.74, 6) is 0.937. The Hall–Kier alpha value is -0.830. The normalized spacial score (nSPS) is 22.1. The van der Waals surface area contributed by atoms with Gasteiger partial charge in [-0.05, 0) is 32.7 Å². The van der Waals surface area contributed by atoms with E-state index in [-0.39, 0.29) is 0 Å². The highest BCUT2D eigenvalue weighted by Crippen LogP contribution is 2.16. The Balaban J connectivity index is 0.000000165. The first-order valence-corrected chi connectivity index (χ1v) is 5.37. The molecule has 1 atom stereocenters. The Kier molecular flexibility index (Phi) is 4.66. The summed E-state index contributed by atoms with van der Waals surface area (Å²) in [5.41, 5.74) is 0. The van der Waals surface area contributed by atoms with Gasteiger partial charge in [-0.1, -0.05) is 6.92 Å². The summed E-state index contributed by atoms with van der Waals surface area (Å²) in [4.78, 5) is 8.96. The fraction of sp³-hybridized carbons (Fsp3) is 0.727. The van der Waals surface area contributed by atoms with Crippen LogP contribution in [-0.2, 0) is 0 Å². The highest BCUT2D eigenvalue weighted by molar-refractivity contribution is 4.74. The minimum Gasteiger partial charge on any atom is -0.351 e. The topological polar surface area (TPSA) is 31.9 Å². The van der Waals surface area contributed by atoms with Gasteiger partial charge in [0.25, 0.3) is 0 Å². The molecular formula is C11H21N3. The van der Waals surface area contributed by atoms with Gasteiger partial charge in [0.05, 0.1) is 6.33 Å². The number of aromatic amines is 1. The Morgan fingerprint density at radius 2 is 2.29 bits per heavy atom. The van der Waals surface area contributed by atoms with Crippen LogP contribution in [-0.4, -0.2) is 34.0 Å². The van der Waals surface area contributed by atoms with Crippen LogP contribution >= 0.6 is 0 Å². The number of imidazole rings is 1. The Labute approximate surface area is 86.5 Å². The minimum absolute atomic E-state index is 0.759. The van der Waals surface area contributed by atoms with Gasteiger partial charge >= 0.3 is 0 Å². The van der Waals surface area contributed by atoms with E-state index < -0.39 is 0 Å². The molecule has 0 aliphatic carbocycles. The standard InChI is InChI=1S/C8H17N.C3H4N2/c1-7(2)9-5-4-8(3)6-9;1-2-5-3-4-1/h7-8H,4-6H2,1-3H3;1-3H,(H,4,5)/t8-;/m0./s1. The van der Waals surface area contributed by atoms with Gasteiger partial charge in [-0.15, -0.1) is 0 Å². The van der Waals surface area contributed by atoms with Gasteiger partial charge in [-0.25, -0.2) is 4.98 Å². The average molecular weight is 195 g/mol. The van der Waals surface area contributed by atoms with Crippen LogP contribution in [0.15, 0.2) is 18.7 Å². The molecule has 1 aromatic heterocycles. The quantitative estimate of drug-likeness (QED) is 0.744. The number of hydrogen-bond acceptors (Lipinski definition) is 2. The van der Waals surface area contributed by atoms with E-state index in [1.807, 2.05) is 0 Å². The van der Waals surface area contributed by atoms with Crippen LogP contribution in [0.2, 0.25) is 0 Å². The fourth-order valence-electron chi connectivity index (χ4n) is 1.65. The zero-order valence-corrected chi connectivity index (χ0v) is 9.40. The molecule has 0 unspecified atom stereocenters. The highest BCUT2D eigenvalue weighted by atomic mass is 15.2. The van der Waals surface area contributed by atoms with E-state index in [9.17, 15) is 0 Å². The first-order valence-electron chi connectivity index (χ1n) is 5.37. The molecule has 0 amide bonds. The molecule has 0 saturated carbocycles. The number of hydrogen-bond donors (Lipinski definition) is 1. The summed E-state index contributed by atoms with van der Waals surface area (Å²) in [6.07, 6.45) is 6.48. The molecule has 0 bridgehead atoms. The number of aromatic nitrogens is 2. The van der Waals surface area contributed by atoms with E-state index in [0.717, 1.165) is 12.0 Å². The maximum absolute atomic E-state index is 3.67. The third kappa shape index (κ3) is 3.92. The van der Waals surface area contributed by atoms with Crippen LogP contribution in [0.25, 0.3) is 0 Å². The summed E-state index contributed by atoms with van der Waals surface area (Å²) < 4.78 is 0. The second kappa shape index (κ2) is 5.81. The minimum atomic E-state index is 0.759. The smallest absolute Gasteiger partial charge is 0.0919 e. The van der Waals surface area contributed by atoms with Gasteiger partial charge in [0, 0.05) is 25.0 Å². The van der Waals surface area contributed by atoms with Crippen LogP contribution in [0.4, 0.5) is 0 Å². The van der Waals surface area contributed by atoms with Crippen molar-refractivity contribution in [2.24, 2.45) is 5.92 Å².